The molecule has 0 unspecified atom stereocenters. The Morgan fingerprint density at radius 1 is 1.06 bits per heavy atom. The molecule has 0 saturated heterocycles. The van der Waals surface area contributed by atoms with Gasteiger partial charge in [0.15, 0.2) is 0 Å². The van der Waals surface area contributed by atoms with E-state index in [1.54, 1.807) is 6.07 Å². The molecule has 0 bridgehead atoms. The number of carbonyl (C=O) groups excluding carboxylic acids is 2. The summed E-state index contributed by atoms with van der Waals surface area (Å²) in [5, 5.41) is 0. The molecule has 0 aromatic heterocycles. The van der Waals surface area contributed by atoms with Gasteiger partial charge in [0.25, 0.3) is 0 Å². The Kier molecular flexibility index (Phi) is 5.36. The van der Waals surface area contributed by atoms with Crippen LogP contribution in [0.1, 0.15) is 58.9 Å². The van der Waals surface area contributed by atoms with E-state index in [1.807, 2.05) is 6.07 Å². The molecule has 4 nitrogen and oxygen atoms in total. The highest BCUT2D eigenvalue weighted by molar-refractivity contribution is 6.07. The van der Waals surface area contributed by atoms with E-state index in [1.165, 1.54) is 12.5 Å². The zero-order valence-electron chi connectivity index (χ0n) is 10.7. The number of benzene rings is 1. The molecule has 2 amide bonds. The maximum absolute atomic E-state index is 11.5. The molecular formula is C14H20N2O2. The summed E-state index contributed by atoms with van der Waals surface area (Å²) in [5.41, 5.74) is 11.9. The van der Waals surface area contributed by atoms with E-state index in [4.69, 9.17) is 11.5 Å². The van der Waals surface area contributed by atoms with Crippen LogP contribution in [0.2, 0.25) is 0 Å². The molecule has 1 aromatic rings. The number of primary amides is 2. The summed E-state index contributed by atoms with van der Waals surface area (Å²) in [6.07, 6.45) is 5.16. The van der Waals surface area contributed by atoms with Gasteiger partial charge in [-0.15, -0.1) is 0 Å². The van der Waals surface area contributed by atoms with Crippen LogP contribution >= 0.6 is 0 Å². The molecule has 98 valence electrons. The predicted octanol–water partition coefficient (Wildman–Crippen LogP) is 2.01. The Balaban J connectivity index is 2.93. The van der Waals surface area contributed by atoms with Gasteiger partial charge in [-0.2, -0.15) is 0 Å². The Hall–Kier alpha value is -1.84. The Morgan fingerprint density at radius 3 is 2.33 bits per heavy atom. The minimum atomic E-state index is -0.612. The van der Waals surface area contributed by atoms with Gasteiger partial charge >= 0.3 is 0 Å². The largest absolute Gasteiger partial charge is 0.366 e. The molecule has 0 fully saturated rings. The van der Waals surface area contributed by atoms with Crippen LogP contribution in [0.25, 0.3) is 0 Å². The number of rotatable bonds is 7. The summed E-state index contributed by atoms with van der Waals surface area (Å²) in [4.78, 5) is 22.7. The SMILES string of the molecule is CCCCCCc1cccc(C(N)=O)c1C(N)=O. The molecule has 0 spiro atoms. The summed E-state index contributed by atoms with van der Waals surface area (Å²) in [6.45, 7) is 2.14. The second-order valence-electron chi connectivity index (χ2n) is 4.38. The average molecular weight is 248 g/mol. The first-order chi connectivity index (χ1) is 8.57. The highest BCUT2D eigenvalue weighted by Gasteiger charge is 2.16. The third kappa shape index (κ3) is 3.58. The second kappa shape index (κ2) is 6.79. The van der Waals surface area contributed by atoms with Crippen LogP contribution in [0.5, 0.6) is 0 Å². The minimum Gasteiger partial charge on any atom is -0.366 e. The summed E-state index contributed by atoms with van der Waals surface area (Å²) in [6, 6.07) is 5.11. The van der Waals surface area contributed by atoms with Crippen molar-refractivity contribution < 1.29 is 9.59 Å². The Morgan fingerprint density at radius 2 is 1.78 bits per heavy atom. The van der Waals surface area contributed by atoms with Crippen molar-refractivity contribution in [3.63, 3.8) is 0 Å². The number of carbonyl (C=O) groups is 2. The lowest BCUT2D eigenvalue weighted by molar-refractivity contribution is 0.0966. The fourth-order valence-electron chi connectivity index (χ4n) is 2.05. The van der Waals surface area contributed by atoms with Gasteiger partial charge in [-0.05, 0) is 24.5 Å². The third-order valence-corrected chi connectivity index (χ3v) is 2.96. The standard InChI is InChI=1S/C14H20N2O2/c1-2-3-4-5-7-10-8-6-9-11(13(15)17)12(10)14(16)18/h6,8-9H,2-5,7H2,1H3,(H2,15,17)(H2,16,18). The van der Waals surface area contributed by atoms with Crippen LogP contribution in [0, 0.1) is 0 Å². The normalized spacial score (nSPS) is 10.3. The molecule has 0 aliphatic rings. The van der Waals surface area contributed by atoms with Crippen LogP contribution in [-0.4, -0.2) is 11.8 Å². The predicted molar refractivity (Wildman–Crippen MR) is 71.3 cm³/mol. The lowest BCUT2D eigenvalue weighted by atomic mass is 9.95. The minimum absolute atomic E-state index is 0.218. The van der Waals surface area contributed by atoms with E-state index in [0.29, 0.717) is 0 Å². The van der Waals surface area contributed by atoms with Gasteiger partial charge in [-0.25, -0.2) is 0 Å². The Bertz CT molecular complexity index is 441. The Labute approximate surface area is 107 Å². The van der Waals surface area contributed by atoms with Gasteiger partial charge in [0.2, 0.25) is 11.8 Å². The highest BCUT2D eigenvalue weighted by Crippen LogP contribution is 2.17. The van der Waals surface area contributed by atoms with Crippen LogP contribution in [-0.2, 0) is 6.42 Å². The molecule has 18 heavy (non-hydrogen) atoms. The van der Waals surface area contributed by atoms with E-state index in [-0.39, 0.29) is 11.1 Å². The zero-order chi connectivity index (χ0) is 13.5. The monoisotopic (exact) mass is 248 g/mol. The number of aryl methyl sites for hydroxylation is 1. The quantitative estimate of drug-likeness (QED) is 0.723. The highest BCUT2D eigenvalue weighted by atomic mass is 16.2. The van der Waals surface area contributed by atoms with Gasteiger partial charge in [0, 0.05) is 0 Å². The van der Waals surface area contributed by atoms with Crippen molar-refractivity contribution >= 4 is 11.8 Å². The molecule has 4 heteroatoms. The molecule has 0 aliphatic carbocycles. The molecule has 4 N–H and O–H groups in total. The maximum atomic E-state index is 11.5. The summed E-state index contributed by atoms with van der Waals surface area (Å²) in [5.74, 6) is -1.20. The van der Waals surface area contributed by atoms with Crippen molar-refractivity contribution in [2.75, 3.05) is 0 Å². The lowest BCUT2D eigenvalue weighted by Gasteiger charge is -2.10. The first kappa shape index (κ1) is 14.2. The summed E-state index contributed by atoms with van der Waals surface area (Å²) >= 11 is 0. The van der Waals surface area contributed by atoms with Crippen molar-refractivity contribution in [3.05, 3.63) is 34.9 Å². The van der Waals surface area contributed by atoms with Gasteiger partial charge in [-0.1, -0.05) is 38.3 Å². The van der Waals surface area contributed by atoms with Gasteiger partial charge in [-0.3, -0.25) is 9.59 Å². The van der Waals surface area contributed by atoms with E-state index < -0.39 is 11.8 Å². The summed E-state index contributed by atoms with van der Waals surface area (Å²) < 4.78 is 0. The number of unbranched alkanes of at least 4 members (excludes halogenated alkanes) is 3. The molecule has 0 aliphatic heterocycles. The molecule has 0 radical (unpaired) electrons. The maximum Gasteiger partial charge on any atom is 0.249 e. The van der Waals surface area contributed by atoms with E-state index in [2.05, 4.69) is 6.92 Å². The molecular weight excluding hydrogens is 228 g/mol. The van der Waals surface area contributed by atoms with Crippen LogP contribution in [0.4, 0.5) is 0 Å². The van der Waals surface area contributed by atoms with Crippen LogP contribution in [0.3, 0.4) is 0 Å². The van der Waals surface area contributed by atoms with E-state index in [0.717, 1.165) is 31.2 Å². The molecule has 0 saturated carbocycles. The molecule has 0 heterocycles. The molecule has 0 atom stereocenters. The van der Waals surface area contributed by atoms with Crippen molar-refractivity contribution in [2.45, 2.75) is 39.0 Å². The number of hydrogen-bond acceptors (Lipinski definition) is 2. The van der Waals surface area contributed by atoms with E-state index in [9.17, 15) is 9.59 Å². The van der Waals surface area contributed by atoms with Gasteiger partial charge < -0.3 is 11.5 Å². The fraction of sp³-hybridized carbons (Fsp3) is 0.429. The topological polar surface area (TPSA) is 86.2 Å². The lowest BCUT2D eigenvalue weighted by Crippen LogP contribution is -2.22. The summed E-state index contributed by atoms with van der Waals surface area (Å²) in [7, 11) is 0. The van der Waals surface area contributed by atoms with Crippen LogP contribution in [0.15, 0.2) is 18.2 Å². The second-order valence-corrected chi connectivity index (χ2v) is 4.38. The molecule has 1 aromatic carbocycles. The number of nitrogens with two attached hydrogens (primary N) is 2. The van der Waals surface area contributed by atoms with Crippen LogP contribution < -0.4 is 11.5 Å². The first-order valence-corrected chi connectivity index (χ1v) is 6.29. The van der Waals surface area contributed by atoms with E-state index >= 15 is 0 Å². The van der Waals surface area contributed by atoms with Crippen molar-refractivity contribution in [1.82, 2.24) is 0 Å². The zero-order valence-corrected chi connectivity index (χ0v) is 10.7. The number of hydrogen-bond donors (Lipinski definition) is 2. The fourth-order valence-corrected chi connectivity index (χ4v) is 2.05. The smallest absolute Gasteiger partial charge is 0.249 e. The van der Waals surface area contributed by atoms with Crippen molar-refractivity contribution in [3.8, 4) is 0 Å². The third-order valence-electron chi connectivity index (χ3n) is 2.96. The number of amides is 2. The van der Waals surface area contributed by atoms with Gasteiger partial charge in [0.05, 0.1) is 11.1 Å². The van der Waals surface area contributed by atoms with Gasteiger partial charge in [0.1, 0.15) is 0 Å². The first-order valence-electron chi connectivity index (χ1n) is 6.29. The molecule has 1 rings (SSSR count). The van der Waals surface area contributed by atoms with Crippen molar-refractivity contribution in [2.24, 2.45) is 11.5 Å². The average Bonchev–Trinajstić information content (AvgIpc) is 2.33. The van der Waals surface area contributed by atoms with Crippen molar-refractivity contribution in [1.29, 1.82) is 0 Å².